The van der Waals surface area contributed by atoms with Crippen molar-refractivity contribution < 1.29 is 0 Å². The van der Waals surface area contributed by atoms with Crippen LogP contribution in [0.3, 0.4) is 0 Å². The first-order valence-electron chi connectivity index (χ1n) is 5.88. The van der Waals surface area contributed by atoms with Crippen molar-refractivity contribution in [2.75, 3.05) is 0 Å². The summed E-state index contributed by atoms with van der Waals surface area (Å²) in [5.41, 5.74) is 8.27. The van der Waals surface area contributed by atoms with Crippen molar-refractivity contribution in [1.82, 2.24) is 14.8 Å². The Morgan fingerprint density at radius 2 is 2.00 bits per heavy atom. The fraction of sp³-hybridized carbons (Fsp3) is 0.385. The molecule has 0 aliphatic heterocycles. The normalized spacial score (nSPS) is 12.7. The molecular formula is C13H18N4. The van der Waals surface area contributed by atoms with Crippen molar-refractivity contribution in [2.24, 2.45) is 5.73 Å². The minimum atomic E-state index is 0.0371. The summed E-state index contributed by atoms with van der Waals surface area (Å²) in [6, 6.07) is 8.13. The van der Waals surface area contributed by atoms with Gasteiger partial charge in [-0.15, -0.1) is 0 Å². The molecule has 1 aromatic carbocycles. The number of hydrogen-bond donors (Lipinski definition) is 1. The molecule has 4 nitrogen and oxygen atoms in total. The Hall–Kier alpha value is -1.68. The van der Waals surface area contributed by atoms with E-state index >= 15 is 0 Å². The highest BCUT2D eigenvalue weighted by Crippen LogP contribution is 2.22. The van der Waals surface area contributed by atoms with Crippen LogP contribution >= 0.6 is 0 Å². The monoisotopic (exact) mass is 230 g/mol. The van der Waals surface area contributed by atoms with Gasteiger partial charge in [-0.25, -0.2) is 9.67 Å². The second-order valence-corrected chi connectivity index (χ2v) is 4.19. The first-order chi connectivity index (χ1) is 8.13. The molecule has 0 spiro atoms. The molecule has 0 saturated carbocycles. The van der Waals surface area contributed by atoms with Gasteiger partial charge in [0.1, 0.15) is 11.6 Å². The average Bonchev–Trinajstić information content (AvgIpc) is 2.67. The maximum Gasteiger partial charge on any atom is 0.148 e. The van der Waals surface area contributed by atoms with Crippen LogP contribution in [0, 0.1) is 13.8 Å². The number of para-hydroxylation sites is 1. The van der Waals surface area contributed by atoms with Gasteiger partial charge in [0.05, 0.1) is 5.69 Å². The van der Waals surface area contributed by atoms with Gasteiger partial charge < -0.3 is 5.73 Å². The Kier molecular flexibility index (Phi) is 3.24. The third-order valence-electron chi connectivity index (χ3n) is 2.88. The highest BCUT2D eigenvalue weighted by Gasteiger charge is 2.13. The Labute approximate surface area is 101 Å². The molecule has 0 radical (unpaired) electrons. The Bertz CT molecular complexity index is 516. The van der Waals surface area contributed by atoms with Crippen molar-refractivity contribution in [2.45, 2.75) is 33.2 Å². The van der Waals surface area contributed by atoms with Crippen molar-refractivity contribution in [3.05, 3.63) is 41.5 Å². The number of aromatic nitrogens is 3. The second kappa shape index (κ2) is 4.67. The maximum atomic E-state index is 6.13. The van der Waals surface area contributed by atoms with Crippen LogP contribution in [0.4, 0.5) is 0 Å². The maximum absolute atomic E-state index is 6.13. The molecule has 0 unspecified atom stereocenters. The van der Waals surface area contributed by atoms with E-state index < -0.39 is 0 Å². The molecule has 90 valence electrons. The molecule has 4 heteroatoms. The van der Waals surface area contributed by atoms with E-state index in [2.05, 4.69) is 23.1 Å². The Morgan fingerprint density at radius 1 is 1.29 bits per heavy atom. The van der Waals surface area contributed by atoms with Gasteiger partial charge in [-0.1, -0.05) is 25.1 Å². The molecule has 2 N–H and O–H groups in total. The fourth-order valence-corrected chi connectivity index (χ4v) is 1.96. The zero-order valence-corrected chi connectivity index (χ0v) is 10.5. The largest absolute Gasteiger partial charge is 0.324 e. The molecule has 0 fully saturated rings. The SMILES string of the molecule is CC[C@H](N)c1ccccc1-n1nc(C)nc1C. The van der Waals surface area contributed by atoms with E-state index in [4.69, 9.17) is 5.73 Å². The molecule has 0 saturated heterocycles. The number of benzene rings is 1. The zero-order valence-electron chi connectivity index (χ0n) is 10.5. The van der Waals surface area contributed by atoms with Crippen LogP contribution in [0.25, 0.3) is 5.69 Å². The molecule has 2 rings (SSSR count). The Morgan fingerprint density at radius 3 is 2.59 bits per heavy atom. The quantitative estimate of drug-likeness (QED) is 0.880. The van der Waals surface area contributed by atoms with Crippen LogP contribution in [0.5, 0.6) is 0 Å². The summed E-state index contributed by atoms with van der Waals surface area (Å²) >= 11 is 0. The van der Waals surface area contributed by atoms with E-state index in [0.29, 0.717) is 0 Å². The topological polar surface area (TPSA) is 56.7 Å². The van der Waals surface area contributed by atoms with E-state index in [9.17, 15) is 0 Å². The molecule has 0 aliphatic carbocycles. The zero-order chi connectivity index (χ0) is 12.4. The van der Waals surface area contributed by atoms with Crippen LogP contribution < -0.4 is 5.73 Å². The van der Waals surface area contributed by atoms with Crippen LogP contribution in [-0.2, 0) is 0 Å². The van der Waals surface area contributed by atoms with E-state index in [0.717, 1.165) is 29.3 Å². The molecule has 1 aromatic heterocycles. The first kappa shape index (κ1) is 11.8. The summed E-state index contributed by atoms with van der Waals surface area (Å²) < 4.78 is 1.86. The van der Waals surface area contributed by atoms with Crippen molar-refractivity contribution in [3.63, 3.8) is 0 Å². The molecule has 0 aliphatic rings. The second-order valence-electron chi connectivity index (χ2n) is 4.19. The lowest BCUT2D eigenvalue weighted by Crippen LogP contribution is -2.13. The van der Waals surface area contributed by atoms with E-state index in [-0.39, 0.29) is 6.04 Å². The number of nitrogens with zero attached hydrogens (tertiary/aromatic N) is 3. The smallest absolute Gasteiger partial charge is 0.148 e. The van der Waals surface area contributed by atoms with Crippen LogP contribution in [0.15, 0.2) is 24.3 Å². The predicted octanol–water partition coefficient (Wildman–Crippen LogP) is 2.29. The van der Waals surface area contributed by atoms with Crippen molar-refractivity contribution in [3.8, 4) is 5.69 Å². The van der Waals surface area contributed by atoms with Crippen LogP contribution in [-0.4, -0.2) is 14.8 Å². The van der Waals surface area contributed by atoms with Crippen molar-refractivity contribution >= 4 is 0 Å². The molecule has 0 bridgehead atoms. The van der Waals surface area contributed by atoms with Gasteiger partial charge in [0.2, 0.25) is 0 Å². The summed E-state index contributed by atoms with van der Waals surface area (Å²) in [6.07, 6.45) is 0.906. The Balaban J connectivity index is 2.55. The lowest BCUT2D eigenvalue weighted by Gasteiger charge is -2.15. The first-order valence-corrected chi connectivity index (χ1v) is 5.88. The predicted molar refractivity (Wildman–Crippen MR) is 68.1 cm³/mol. The summed E-state index contributed by atoms with van der Waals surface area (Å²) in [5.74, 6) is 1.67. The number of rotatable bonds is 3. The van der Waals surface area contributed by atoms with Gasteiger partial charge in [0, 0.05) is 6.04 Å². The van der Waals surface area contributed by atoms with Crippen molar-refractivity contribution in [1.29, 1.82) is 0 Å². The minimum Gasteiger partial charge on any atom is -0.324 e. The standard InChI is InChI=1S/C13H18N4/c1-4-12(14)11-7-5-6-8-13(11)17-10(3)15-9(2)16-17/h5-8,12H,4,14H2,1-3H3/t12-/m0/s1. The molecular weight excluding hydrogens is 212 g/mol. The average molecular weight is 230 g/mol. The van der Waals surface area contributed by atoms with E-state index in [1.807, 2.05) is 36.7 Å². The number of aryl methyl sites for hydroxylation is 2. The summed E-state index contributed by atoms with van der Waals surface area (Å²) in [7, 11) is 0. The summed E-state index contributed by atoms with van der Waals surface area (Å²) in [4.78, 5) is 4.32. The summed E-state index contributed by atoms with van der Waals surface area (Å²) in [5, 5.41) is 4.41. The van der Waals surface area contributed by atoms with Gasteiger partial charge >= 0.3 is 0 Å². The van der Waals surface area contributed by atoms with Crippen LogP contribution in [0.2, 0.25) is 0 Å². The third kappa shape index (κ3) is 2.22. The van der Waals surface area contributed by atoms with E-state index in [1.54, 1.807) is 0 Å². The van der Waals surface area contributed by atoms with Gasteiger partial charge in [-0.05, 0) is 31.9 Å². The highest BCUT2D eigenvalue weighted by atomic mass is 15.3. The molecule has 1 atom stereocenters. The minimum absolute atomic E-state index is 0.0371. The van der Waals surface area contributed by atoms with Crippen LogP contribution in [0.1, 0.15) is 36.6 Å². The molecule has 17 heavy (non-hydrogen) atoms. The van der Waals surface area contributed by atoms with Gasteiger partial charge in [-0.2, -0.15) is 5.10 Å². The van der Waals surface area contributed by atoms with E-state index in [1.165, 1.54) is 0 Å². The number of hydrogen-bond acceptors (Lipinski definition) is 3. The van der Waals surface area contributed by atoms with Gasteiger partial charge in [0.25, 0.3) is 0 Å². The number of nitrogens with two attached hydrogens (primary N) is 1. The highest BCUT2D eigenvalue weighted by molar-refractivity contribution is 5.42. The summed E-state index contributed by atoms with van der Waals surface area (Å²) in [6.45, 7) is 5.93. The van der Waals surface area contributed by atoms with Gasteiger partial charge in [-0.3, -0.25) is 0 Å². The molecule has 0 amide bonds. The lowest BCUT2D eigenvalue weighted by molar-refractivity contribution is 0.683. The lowest BCUT2D eigenvalue weighted by atomic mass is 10.0. The third-order valence-corrected chi connectivity index (χ3v) is 2.88. The molecule has 2 aromatic rings. The van der Waals surface area contributed by atoms with Gasteiger partial charge in [0.15, 0.2) is 0 Å². The molecule has 1 heterocycles. The fourth-order valence-electron chi connectivity index (χ4n) is 1.96.